The number of benzene rings is 2. The molecule has 0 aliphatic rings. The number of amides is 1. The van der Waals surface area contributed by atoms with Gasteiger partial charge in [0.15, 0.2) is 5.13 Å². The lowest BCUT2D eigenvalue weighted by Crippen LogP contribution is -2.11. The molecule has 0 saturated heterocycles. The Morgan fingerprint density at radius 1 is 1.04 bits per heavy atom. The van der Waals surface area contributed by atoms with Crippen LogP contribution in [-0.4, -0.2) is 25.1 Å². The van der Waals surface area contributed by atoms with Gasteiger partial charge >= 0.3 is 0 Å². The number of hydrogen-bond donors (Lipinski definition) is 1. The van der Waals surface area contributed by atoms with Gasteiger partial charge in [-0.05, 0) is 42.5 Å². The molecule has 0 saturated carbocycles. The molecule has 0 aliphatic heterocycles. The molecule has 1 heterocycles. The van der Waals surface area contributed by atoms with Crippen LogP contribution in [-0.2, 0) is 0 Å². The number of aromatic nitrogens is 1. The zero-order valence-electron chi connectivity index (χ0n) is 13.3. The molecule has 24 heavy (non-hydrogen) atoms. The maximum absolute atomic E-state index is 12.3. The average Bonchev–Trinajstić information content (AvgIpc) is 3.10. The Labute approximate surface area is 143 Å². The molecule has 2 aromatic carbocycles. The van der Waals surface area contributed by atoms with Gasteiger partial charge in [0.2, 0.25) is 0 Å². The Balaban J connectivity index is 1.74. The molecular formula is C18H16N2O3S. The van der Waals surface area contributed by atoms with Crippen LogP contribution in [0.25, 0.3) is 11.3 Å². The molecule has 6 heteroatoms. The monoisotopic (exact) mass is 340 g/mol. The van der Waals surface area contributed by atoms with Gasteiger partial charge in [-0.2, -0.15) is 0 Å². The van der Waals surface area contributed by atoms with Crippen molar-refractivity contribution in [3.8, 4) is 22.8 Å². The number of methoxy groups -OCH3 is 2. The van der Waals surface area contributed by atoms with E-state index in [1.807, 2.05) is 29.6 Å². The molecule has 0 atom stereocenters. The highest BCUT2D eigenvalue weighted by atomic mass is 32.1. The maximum atomic E-state index is 12.3. The lowest BCUT2D eigenvalue weighted by molar-refractivity contribution is 0.102. The van der Waals surface area contributed by atoms with E-state index in [0.29, 0.717) is 16.4 Å². The van der Waals surface area contributed by atoms with Crippen LogP contribution in [0, 0.1) is 0 Å². The van der Waals surface area contributed by atoms with Gasteiger partial charge in [0.25, 0.3) is 5.91 Å². The minimum atomic E-state index is -0.218. The smallest absolute Gasteiger partial charge is 0.257 e. The lowest BCUT2D eigenvalue weighted by Gasteiger charge is -2.04. The predicted molar refractivity (Wildman–Crippen MR) is 95.0 cm³/mol. The first-order chi connectivity index (χ1) is 11.7. The minimum absolute atomic E-state index is 0.218. The van der Waals surface area contributed by atoms with E-state index in [2.05, 4.69) is 10.3 Å². The molecule has 0 aliphatic carbocycles. The van der Waals surface area contributed by atoms with Gasteiger partial charge in [-0.3, -0.25) is 10.1 Å². The van der Waals surface area contributed by atoms with Crippen LogP contribution in [0.5, 0.6) is 11.5 Å². The van der Waals surface area contributed by atoms with Gasteiger partial charge in [0.05, 0.1) is 19.9 Å². The second-order valence-corrected chi connectivity index (χ2v) is 5.81. The highest BCUT2D eigenvalue weighted by Crippen LogP contribution is 2.27. The summed E-state index contributed by atoms with van der Waals surface area (Å²) in [4.78, 5) is 16.8. The Hall–Kier alpha value is -2.86. The Morgan fingerprint density at radius 2 is 1.79 bits per heavy atom. The highest BCUT2D eigenvalue weighted by Gasteiger charge is 2.11. The van der Waals surface area contributed by atoms with Gasteiger partial charge in [-0.1, -0.05) is 6.07 Å². The molecule has 1 amide bonds. The lowest BCUT2D eigenvalue weighted by atomic mass is 10.2. The first-order valence-corrected chi connectivity index (χ1v) is 8.13. The van der Waals surface area contributed by atoms with Crippen LogP contribution in [0.4, 0.5) is 5.13 Å². The Kier molecular flexibility index (Phi) is 4.77. The van der Waals surface area contributed by atoms with E-state index in [-0.39, 0.29) is 5.91 Å². The molecule has 1 aromatic heterocycles. The maximum Gasteiger partial charge on any atom is 0.257 e. The number of anilines is 1. The standard InChI is InChI=1S/C18H16N2O3S/c1-22-14-8-6-12(7-9-14)16-11-24-18(19-16)20-17(21)13-4-3-5-15(10-13)23-2/h3-11H,1-2H3,(H,19,20,21). The summed E-state index contributed by atoms with van der Waals surface area (Å²) in [5.74, 6) is 1.21. The summed E-state index contributed by atoms with van der Waals surface area (Å²) in [7, 11) is 3.20. The van der Waals surface area contributed by atoms with Gasteiger partial charge in [-0.25, -0.2) is 4.98 Å². The predicted octanol–water partition coefficient (Wildman–Crippen LogP) is 4.08. The number of carbonyl (C=O) groups excluding carboxylic acids is 1. The first kappa shape index (κ1) is 16.0. The normalized spacial score (nSPS) is 10.2. The van der Waals surface area contributed by atoms with Gasteiger partial charge in [0.1, 0.15) is 11.5 Å². The molecule has 3 aromatic rings. The summed E-state index contributed by atoms with van der Waals surface area (Å²) < 4.78 is 10.3. The van der Waals surface area contributed by atoms with Crippen molar-refractivity contribution in [1.82, 2.24) is 4.98 Å². The first-order valence-electron chi connectivity index (χ1n) is 7.25. The molecule has 0 spiro atoms. The van der Waals surface area contributed by atoms with Crippen LogP contribution in [0.3, 0.4) is 0 Å². The molecule has 5 nitrogen and oxygen atoms in total. The molecule has 1 N–H and O–H groups in total. The van der Waals surface area contributed by atoms with Crippen LogP contribution in [0.1, 0.15) is 10.4 Å². The zero-order chi connectivity index (χ0) is 16.9. The molecule has 0 bridgehead atoms. The fraction of sp³-hybridized carbons (Fsp3) is 0.111. The third kappa shape index (κ3) is 3.55. The summed E-state index contributed by atoms with van der Waals surface area (Å²) in [6, 6.07) is 14.6. The second kappa shape index (κ2) is 7.14. The zero-order valence-corrected chi connectivity index (χ0v) is 14.1. The van der Waals surface area contributed by atoms with E-state index >= 15 is 0 Å². The van der Waals surface area contributed by atoms with E-state index in [0.717, 1.165) is 17.0 Å². The van der Waals surface area contributed by atoms with E-state index < -0.39 is 0 Å². The summed E-state index contributed by atoms with van der Waals surface area (Å²) in [6.45, 7) is 0. The quantitative estimate of drug-likeness (QED) is 0.760. The topological polar surface area (TPSA) is 60.5 Å². The van der Waals surface area contributed by atoms with E-state index in [4.69, 9.17) is 9.47 Å². The number of carbonyl (C=O) groups is 1. The van der Waals surface area contributed by atoms with E-state index in [1.54, 1.807) is 38.5 Å². The number of thiazole rings is 1. The van der Waals surface area contributed by atoms with Crippen molar-refractivity contribution in [2.24, 2.45) is 0 Å². The van der Waals surface area contributed by atoms with Crippen molar-refractivity contribution in [3.05, 3.63) is 59.5 Å². The van der Waals surface area contributed by atoms with Gasteiger partial charge in [0, 0.05) is 16.5 Å². The van der Waals surface area contributed by atoms with Crippen LogP contribution < -0.4 is 14.8 Å². The average molecular weight is 340 g/mol. The minimum Gasteiger partial charge on any atom is -0.497 e. The second-order valence-electron chi connectivity index (χ2n) is 4.95. The summed E-state index contributed by atoms with van der Waals surface area (Å²) in [5.41, 5.74) is 2.30. The highest BCUT2D eigenvalue weighted by molar-refractivity contribution is 7.14. The molecule has 0 fully saturated rings. The van der Waals surface area contributed by atoms with Crippen LogP contribution in [0.2, 0.25) is 0 Å². The van der Waals surface area contributed by atoms with Gasteiger partial charge in [-0.15, -0.1) is 11.3 Å². The number of ether oxygens (including phenoxy) is 2. The third-order valence-corrected chi connectivity index (χ3v) is 4.20. The van der Waals surface area contributed by atoms with Crippen molar-refractivity contribution >= 4 is 22.4 Å². The van der Waals surface area contributed by atoms with Crippen molar-refractivity contribution in [3.63, 3.8) is 0 Å². The third-order valence-electron chi connectivity index (χ3n) is 3.44. The van der Waals surface area contributed by atoms with Crippen molar-refractivity contribution in [2.75, 3.05) is 19.5 Å². The number of rotatable bonds is 5. The molecule has 0 unspecified atom stereocenters. The number of nitrogens with zero attached hydrogens (tertiary/aromatic N) is 1. The molecule has 3 rings (SSSR count). The van der Waals surface area contributed by atoms with Crippen molar-refractivity contribution < 1.29 is 14.3 Å². The summed E-state index contributed by atoms with van der Waals surface area (Å²) >= 11 is 1.38. The Morgan fingerprint density at radius 3 is 2.50 bits per heavy atom. The van der Waals surface area contributed by atoms with Gasteiger partial charge < -0.3 is 9.47 Å². The number of nitrogens with one attached hydrogen (secondary N) is 1. The van der Waals surface area contributed by atoms with E-state index in [1.165, 1.54) is 11.3 Å². The largest absolute Gasteiger partial charge is 0.497 e. The fourth-order valence-electron chi connectivity index (χ4n) is 2.16. The SMILES string of the molecule is COc1ccc(-c2csc(NC(=O)c3cccc(OC)c3)n2)cc1. The van der Waals surface area contributed by atoms with Crippen LogP contribution >= 0.6 is 11.3 Å². The molecule has 122 valence electrons. The summed E-state index contributed by atoms with van der Waals surface area (Å²) in [6.07, 6.45) is 0. The van der Waals surface area contributed by atoms with E-state index in [9.17, 15) is 4.79 Å². The molecule has 0 radical (unpaired) electrons. The van der Waals surface area contributed by atoms with Crippen molar-refractivity contribution in [1.29, 1.82) is 0 Å². The molecular weight excluding hydrogens is 324 g/mol. The van der Waals surface area contributed by atoms with Crippen molar-refractivity contribution in [2.45, 2.75) is 0 Å². The Bertz CT molecular complexity index is 843. The summed E-state index contributed by atoms with van der Waals surface area (Å²) in [5, 5.41) is 5.27. The van der Waals surface area contributed by atoms with Crippen LogP contribution in [0.15, 0.2) is 53.9 Å². The number of hydrogen-bond acceptors (Lipinski definition) is 5. The fourth-order valence-corrected chi connectivity index (χ4v) is 2.87.